The number of halogens is 3. The summed E-state index contributed by atoms with van der Waals surface area (Å²) in [5.74, 6) is -0.217. The second-order valence-electron chi connectivity index (χ2n) is 12.7. The first-order valence-electron chi connectivity index (χ1n) is 15.8. The molecule has 1 unspecified atom stereocenters. The fraction of sp³-hybridized carbons (Fsp3) is 0.471. The number of fused-ring (bicyclic) bond motifs is 4. The van der Waals surface area contributed by atoms with Gasteiger partial charge < -0.3 is 24.2 Å². The number of aromatic nitrogens is 2. The number of aryl methyl sites for hydroxylation is 1. The van der Waals surface area contributed by atoms with Crippen LogP contribution in [0.1, 0.15) is 38.2 Å². The van der Waals surface area contributed by atoms with E-state index in [9.17, 15) is 9.50 Å². The van der Waals surface area contributed by atoms with Gasteiger partial charge >= 0.3 is 6.01 Å². The van der Waals surface area contributed by atoms with Crippen LogP contribution in [0.4, 0.5) is 19.0 Å². The number of phenolic OH excluding ortho intramolecular Hbond substituents is 1. The molecule has 0 bridgehead atoms. The normalized spacial score (nSPS) is 24.8. The molecule has 8 rings (SSSR count). The van der Waals surface area contributed by atoms with Crippen LogP contribution in [0.2, 0.25) is 0 Å². The van der Waals surface area contributed by atoms with Gasteiger partial charge in [0.25, 0.3) is 0 Å². The summed E-state index contributed by atoms with van der Waals surface area (Å²) in [7, 11) is 0. The van der Waals surface area contributed by atoms with Crippen LogP contribution in [0.5, 0.6) is 17.5 Å². The summed E-state index contributed by atoms with van der Waals surface area (Å²) in [5, 5.41) is 12.2. The fourth-order valence-electron chi connectivity index (χ4n) is 7.96. The monoisotopic (exact) mass is 620 g/mol. The summed E-state index contributed by atoms with van der Waals surface area (Å²) >= 11 is 0. The van der Waals surface area contributed by atoms with Crippen molar-refractivity contribution < 1.29 is 32.5 Å². The number of ether oxygens (including phenoxy) is 3. The number of benzene rings is 3. The van der Waals surface area contributed by atoms with Crippen LogP contribution < -0.4 is 14.4 Å². The van der Waals surface area contributed by atoms with E-state index in [-0.39, 0.29) is 35.5 Å². The van der Waals surface area contributed by atoms with Crippen molar-refractivity contribution in [2.75, 3.05) is 51.0 Å². The van der Waals surface area contributed by atoms with E-state index in [1.54, 1.807) is 18.2 Å². The Hall–Kier alpha value is -3.83. The highest BCUT2D eigenvalue weighted by atomic mass is 19.1. The van der Waals surface area contributed by atoms with Crippen molar-refractivity contribution in [1.82, 2.24) is 14.9 Å². The van der Waals surface area contributed by atoms with Crippen LogP contribution in [-0.4, -0.2) is 83.8 Å². The van der Waals surface area contributed by atoms with Crippen molar-refractivity contribution >= 4 is 27.5 Å². The first kappa shape index (κ1) is 28.6. The molecule has 4 aliphatic heterocycles. The van der Waals surface area contributed by atoms with Crippen LogP contribution in [-0.2, 0) is 11.2 Å². The number of phenols is 1. The van der Waals surface area contributed by atoms with Gasteiger partial charge in [0.1, 0.15) is 48.0 Å². The molecule has 4 aromatic rings. The van der Waals surface area contributed by atoms with Crippen LogP contribution in [0.25, 0.3) is 32.8 Å². The minimum absolute atomic E-state index is 0.00910. The summed E-state index contributed by atoms with van der Waals surface area (Å²) in [6, 6.07) is 7.50. The van der Waals surface area contributed by atoms with Gasteiger partial charge in [-0.2, -0.15) is 9.97 Å². The lowest BCUT2D eigenvalue weighted by molar-refractivity contribution is 0.107. The van der Waals surface area contributed by atoms with Gasteiger partial charge in [-0.1, -0.05) is 13.0 Å². The zero-order valence-corrected chi connectivity index (χ0v) is 25.1. The lowest BCUT2D eigenvalue weighted by atomic mass is 9.91. The Kier molecular flexibility index (Phi) is 6.94. The average Bonchev–Trinajstić information content (AvgIpc) is 3.38. The molecule has 5 heterocycles. The maximum atomic E-state index is 17.0. The van der Waals surface area contributed by atoms with E-state index < -0.39 is 23.3 Å². The second-order valence-corrected chi connectivity index (χ2v) is 12.7. The standard InChI is InChI=1S/C34H35F3N4O4/c1-2-23-26(36)5-4-19-12-22(42)13-24(28(19)23)25-14-27-29-31(30(25)37)38-33(45-18-34-7-3-8-40(34)16-20(35)15-34)39-32(29)41-9-11-43-10-6-21(41)17-44-27/h4-5,12-14,20-21,42H,2-3,6-11,15-18H2,1H3/t20-,21?,34+/m1/s1. The van der Waals surface area contributed by atoms with Crippen LogP contribution in [0.15, 0.2) is 30.3 Å². The Morgan fingerprint density at radius 2 is 1.98 bits per heavy atom. The van der Waals surface area contributed by atoms with Crippen LogP contribution in [0.3, 0.4) is 0 Å². The van der Waals surface area contributed by atoms with Crippen molar-refractivity contribution in [2.24, 2.45) is 0 Å². The highest BCUT2D eigenvalue weighted by Gasteiger charge is 2.49. The predicted octanol–water partition coefficient (Wildman–Crippen LogP) is 5.94. The van der Waals surface area contributed by atoms with E-state index in [0.717, 1.165) is 19.4 Å². The fourth-order valence-corrected chi connectivity index (χ4v) is 7.96. The van der Waals surface area contributed by atoms with Gasteiger partial charge in [-0.15, -0.1) is 0 Å². The topological polar surface area (TPSA) is 80.2 Å². The Morgan fingerprint density at radius 3 is 2.84 bits per heavy atom. The number of nitrogens with zero attached hydrogens (tertiary/aromatic N) is 4. The third kappa shape index (κ3) is 4.65. The van der Waals surface area contributed by atoms with E-state index in [1.165, 1.54) is 12.1 Å². The van der Waals surface area contributed by atoms with Crippen LogP contribution in [0, 0.1) is 11.6 Å². The molecule has 11 heteroatoms. The molecule has 3 aromatic carbocycles. The molecule has 3 fully saturated rings. The first-order chi connectivity index (χ1) is 21.8. The highest BCUT2D eigenvalue weighted by molar-refractivity contribution is 6.05. The molecule has 0 saturated carbocycles. The highest BCUT2D eigenvalue weighted by Crippen LogP contribution is 2.46. The largest absolute Gasteiger partial charge is 0.508 e. The minimum Gasteiger partial charge on any atom is -0.508 e. The molecule has 236 valence electrons. The molecule has 1 N–H and O–H groups in total. The summed E-state index contributed by atoms with van der Waals surface area (Å²) < 4.78 is 64.9. The average molecular weight is 621 g/mol. The van der Waals surface area contributed by atoms with E-state index in [4.69, 9.17) is 19.2 Å². The van der Waals surface area contributed by atoms with Gasteiger partial charge in [-0.3, -0.25) is 4.90 Å². The van der Waals surface area contributed by atoms with Crippen molar-refractivity contribution in [3.05, 3.63) is 47.5 Å². The molecule has 3 atom stereocenters. The third-order valence-electron chi connectivity index (χ3n) is 10.1. The summed E-state index contributed by atoms with van der Waals surface area (Å²) in [5.41, 5.74) is 0.482. The van der Waals surface area contributed by atoms with Crippen molar-refractivity contribution in [3.63, 3.8) is 0 Å². The van der Waals surface area contributed by atoms with Gasteiger partial charge in [-0.25, -0.2) is 13.2 Å². The molecule has 0 amide bonds. The van der Waals surface area contributed by atoms with E-state index in [2.05, 4.69) is 14.8 Å². The number of aromatic hydroxyl groups is 1. The third-order valence-corrected chi connectivity index (χ3v) is 10.1. The molecule has 3 saturated heterocycles. The second kappa shape index (κ2) is 10.9. The predicted molar refractivity (Wildman–Crippen MR) is 164 cm³/mol. The molecule has 0 radical (unpaired) electrons. The van der Waals surface area contributed by atoms with E-state index in [0.29, 0.717) is 91.0 Å². The molecular weight excluding hydrogens is 585 g/mol. The molecule has 1 aromatic heterocycles. The Bertz CT molecular complexity index is 1820. The number of alkyl halides is 1. The minimum atomic E-state index is -0.913. The van der Waals surface area contributed by atoms with Crippen LogP contribution >= 0.6 is 0 Å². The van der Waals surface area contributed by atoms with E-state index in [1.807, 2.05) is 6.92 Å². The Morgan fingerprint density at radius 1 is 1.09 bits per heavy atom. The molecule has 45 heavy (non-hydrogen) atoms. The smallest absolute Gasteiger partial charge is 0.319 e. The maximum Gasteiger partial charge on any atom is 0.319 e. The Labute approximate surface area is 258 Å². The number of anilines is 1. The van der Waals surface area contributed by atoms with Crippen molar-refractivity contribution in [3.8, 4) is 28.6 Å². The maximum absolute atomic E-state index is 17.0. The van der Waals surface area contributed by atoms with Gasteiger partial charge in [0.2, 0.25) is 0 Å². The zero-order valence-electron chi connectivity index (χ0n) is 25.1. The summed E-state index contributed by atoms with van der Waals surface area (Å²) in [6.07, 6.45) is 2.32. The summed E-state index contributed by atoms with van der Waals surface area (Å²) in [6.45, 7) is 5.13. The van der Waals surface area contributed by atoms with Gasteiger partial charge in [0.05, 0.1) is 23.6 Å². The first-order valence-corrected chi connectivity index (χ1v) is 15.8. The number of rotatable bonds is 5. The zero-order chi connectivity index (χ0) is 30.9. The molecular formula is C34H35F3N4O4. The molecule has 0 spiro atoms. The Balaban J connectivity index is 1.33. The van der Waals surface area contributed by atoms with Crippen molar-refractivity contribution in [2.45, 2.75) is 56.8 Å². The quantitative estimate of drug-likeness (QED) is 0.294. The number of hydrogen-bond donors (Lipinski definition) is 1. The number of hydrogen-bond acceptors (Lipinski definition) is 8. The van der Waals surface area contributed by atoms with Crippen molar-refractivity contribution in [1.29, 1.82) is 0 Å². The molecule has 4 aliphatic rings. The lowest BCUT2D eigenvalue weighted by Crippen LogP contribution is -2.43. The van der Waals surface area contributed by atoms with Gasteiger partial charge in [0, 0.05) is 31.7 Å². The van der Waals surface area contributed by atoms with E-state index >= 15 is 8.78 Å². The molecule has 8 nitrogen and oxygen atoms in total. The van der Waals surface area contributed by atoms with Gasteiger partial charge in [0.15, 0.2) is 5.82 Å². The summed E-state index contributed by atoms with van der Waals surface area (Å²) in [4.78, 5) is 13.7. The SMILES string of the molecule is CCc1c(F)ccc2cc(O)cc(-c3cc4c5c(nc(OC[C@@]67CCCN6C[C@H](F)C7)nc5c3F)N3CCOCCC3CO4)c12. The lowest BCUT2D eigenvalue weighted by Gasteiger charge is -2.31. The van der Waals surface area contributed by atoms with Gasteiger partial charge in [-0.05, 0) is 78.4 Å². The molecule has 0 aliphatic carbocycles.